The molecule has 140 valence electrons. The fourth-order valence-electron chi connectivity index (χ4n) is 4.95. The Morgan fingerprint density at radius 1 is 0.793 bits per heavy atom. The summed E-state index contributed by atoms with van der Waals surface area (Å²) in [5.74, 6) is 1.93. The second-order valence-electron chi connectivity index (χ2n) is 8.32. The molecule has 0 bridgehead atoms. The van der Waals surface area contributed by atoms with E-state index in [-0.39, 0.29) is 0 Å². The molecule has 1 aliphatic heterocycles. The van der Waals surface area contributed by atoms with Gasteiger partial charge < -0.3 is 4.74 Å². The first kappa shape index (κ1) is 16.6. The Bertz CT molecular complexity index is 1510. The summed E-state index contributed by atoms with van der Waals surface area (Å²) in [6, 6.07) is 19.7. The summed E-state index contributed by atoms with van der Waals surface area (Å²) in [6.07, 6.45) is 2.26. The van der Waals surface area contributed by atoms with E-state index in [0.29, 0.717) is 0 Å². The summed E-state index contributed by atoms with van der Waals surface area (Å²) in [7, 11) is 2.14. The van der Waals surface area contributed by atoms with Crippen LogP contribution in [0.25, 0.3) is 43.6 Å². The maximum Gasteiger partial charge on any atom is 0.257 e. The van der Waals surface area contributed by atoms with Crippen molar-refractivity contribution in [1.82, 2.24) is 0 Å². The quantitative estimate of drug-likeness (QED) is 0.213. The highest BCUT2D eigenvalue weighted by Crippen LogP contribution is 2.50. The van der Waals surface area contributed by atoms with E-state index in [2.05, 4.69) is 93.2 Å². The molecule has 29 heavy (non-hydrogen) atoms. The summed E-state index contributed by atoms with van der Waals surface area (Å²) in [6.45, 7) is 6.57. The average Bonchev–Trinajstić information content (AvgIpc) is 2.70. The van der Waals surface area contributed by atoms with Crippen molar-refractivity contribution in [1.29, 1.82) is 0 Å². The van der Waals surface area contributed by atoms with E-state index < -0.39 is 0 Å². The number of hydrogen-bond acceptors (Lipinski definition) is 1. The van der Waals surface area contributed by atoms with Gasteiger partial charge >= 0.3 is 0 Å². The lowest BCUT2D eigenvalue weighted by Gasteiger charge is -2.23. The zero-order valence-electron chi connectivity index (χ0n) is 17.1. The first-order chi connectivity index (χ1) is 14.0. The van der Waals surface area contributed by atoms with E-state index in [1.54, 1.807) is 0 Å². The van der Waals surface area contributed by atoms with Crippen LogP contribution in [0, 0.1) is 20.8 Å². The molecule has 0 aliphatic carbocycles. The SMILES string of the molecule is Cc1cc2c3c(c(C)c(C)cc3c1)-c1c(c3ccc4ccccc4c3c[n+]1C)O2. The Kier molecular flexibility index (Phi) is 3.18. The van der Waals surface area contributed by atoms with Crippen molar-refractivity contribution in [2.45, 2.75) is 20.8 Å². The van der Waals surface area contributed by atoms with Crippen molar-refractivity contribution in [3.63, 3.8) is 0 Å². The molecule has 0 saturated carbocycles. The monoisotopic (exact) mass is 376 g/mol. The standard InChI is InChI=1S/C27H22NO/c1-15-11-19-13-16(2)17(3)24-25(19)23(12-15)29-27-21-10-9-18-7-5-6-8-20(18)22(21)14-28(4)26(24)27/h5-14H,1-4H3/q+1. The van der Waals surface area contributed by atoms with E-state index >= 15 is 0 Å². The van der Waals surface area contributed by atoms with E-state index in [1.807, 2.05) is 0 Å². The van der Waals surface area contributed by atoms with Gasteiger partial charge in [0, 0.05) is 10.8 Å². The molecular formula is C27H22NO+. The number of fused-ring (bicyclic) bond motifs is 6. The average molecular weight is 376 g/mol. The first-order valence-electron chi connectivity index (χ1n) is 10.1. The number of aryl methyl sites for hydroxylation is 3. The van der Waals surface area contributed by atoms with Gasteiger partial charge in [-0.1, -0.05) is 42.5 Å². The smallest absolute Gasteiger partial charge is 0.257 e. The van der Waals surface area contributed by atoms with Crippen molar-refractivity contribution >= 4 is 32.3 Å². The van der Waals surface area contributed by atoms with Gasteiger partial charge in [-0.3, -0.25) is 0 Å². The molecule has 2 nitrogen and oxygen atoms in total. The van der Waals surface area contributed by atoms with Crippen LogP contribution in [0.5, 0.6) is 11.5 Å². The van der Waals surface area contributed by atoms with Crippen LogP contribution in [0.3, 0.4) is 0 Å². The summed E-state index contributed by atoms with van der Waals surface area (Å²) < 4.78 is 8.89. The van der Waals surface area contributed by atoms with Crippen LogP contribution in [0.1, 0.15) is 16.7 Å². The van der Waals surface area contributed by atoms with Crippen LogP contribution in [0.15, 0.2) is 60.8 Å². The minimum Gasteiger partial charge on any atom is -0.449 e. The van der Waals surface area contributed by atoms with Crippen molar-refractivity contribution in [2.75, 3.05) is 0 Å². The van der Waals surface area contributed by atoms with Gasteiger partial charge in [0.05, 0.1) is 10.9 Å². The molecule has 1 aromatic heterocycles. The lowest BCUT2D eigenvalue weighted by molar-refractivity contribution is -0.659. The normalized spacial score (nSPS) is 12.4. The van der Waals surface area contributed by atoms with Gasteiger partial charge in [-0.15, -0.1) is 0 Å². The number of aromatic nitrogens is 1. The molecule has 0 N–H and O–H groups in total. The van der Waals surface area contributed by atoms with Gasteiger partial charge in [0.15, 0.2) is 6.20 Å². The molecule has 1 aliphatic rings. The van der Waals surface area contributed by atoms with Gasteiger partial charge in [0.1, 0.15) is 12.8 Å². The number of nitrogens with zero attached hydrogens (tertiary/aromatic N) is 1. The Morgan fingerprint density at radius 3 is 2.48 bits per heavy atom. The molecule has 5 aromatic rings. The number of ether oxygens (including phenoxy) is 1. The van der Waals surface area contributed by atoms with Crippen LogP contribution in [0.2, 0.25) is 0 Å². The van der Waals surface area contributed by atoms with E-state index in [0.717, 1.165) is 22.6 Å². The molecule has 0 fully saturated rings. The lowest BCUT2D eigenvalue weighted by atomic mass is 9.89. The molecule has 2 heteroatoms. The molecule has 2 heterocycles. The van der Waals surface area contributed by atoms with Gasteiger partial charge in [-0.25, -0.2) is 0 Å². The number of pyridine rings is 1. The van der Waals surface area contributed by atoms with Crippen molar-refractivity contribution < 1.29 is 9.30 Å². The number of hydrogen-bond donors (Lipinski definition) is 0. The Morgan fingerprint density at radius 2 is 1.62 bits per heavy atom. The summed E-state index contributed by atoms with van der Waals surface area (Å²) in [5, 5.41) is 7.37. The molecule has 0 unspecified atom stereocenters. The highest BCUT2D eigenvalue weighted by molar-refractivity contribution is 6.13. The largest absolute Gasteiger partial charge is 0.449 e. The predicted molar refractivity (Wildman–Crippen MR) is 120 cm³/mol. The van der Waals surface area contributed by atoms with Crippen molar-refractivity contribution in [2.24, 2.45) is 7.05 Å². The van der Waals surface area contributed by atoms with Crippen LogP contribution < -0.4 is 9.30 Å². The first-order valence-corrected chi connectivity index (χ1v) is 10.1. The zero-order valence-corrected chi connectivity index (χ0v) is 17.1. The van der Waals surface area contributed by atoms with Gasteiger partial charge in [-0.05, 0) is 65.8 Å². The molecule has 4 aromatic carbocycles. The molecule has 0 radical (unpaired) electrons. The van der Waals surface area contributed by atoms with Gasteiger partial charge in [0.2, 0.25) is 5.75 Å². The van der Waals surface area contributed by atoms with E-state index in [9.17, 15) is 0 Å². The van der Waals surface area contributed by atoms with Crippen LogP contribution in [0.4, 0.5) is 0 Å². The maximum atomic E-state index is 6.65. The third kappa shape index (κ3) is 2.14. The van der Waals surface area contributed by atoms with Crippen LogP contribution >= 0.6 is 0 Å². The van der Waals surface area contributed by atoms with Crippen molar-refractivity contribution in [3.05, 3.63) is 77.5 Å². The Balaban J connectivity index is 1.84. The lowest BCUT2D eigenvalue weighted by Crippen LogP contribution is -2.32. The topological polar surface area (TPSA) is 13.1 Å². The molecule has 6 rings (SSSR count). The van der Waals surface area contributed by atoms with Crippen LogP contribution in [-0.2, 0) is 7.05 Å². The molecule has 0 atom stereocenters. The predicted octanol–water partition coefficient (Wildman–Crippen LogP) is 6.67. The van der Waals surface area contributed by atoms with Gasteiger partial charge in [0.25, 0.3) is 5.69 Å². The Labute approximate surface area is 170 Å². The number of rotatable bonds is 0. The summed E-state index contributed by atoms with van der Waals surface area (Å²) >= 11 is 0. The van der Waals surface area contributed by atoms with Crippen LogP contribution in [-0.4, -0.2) is 0 Å². The minimum absolute atomic E-state index is 0.962. The van der Waals surface area contributed by atoms with Crippen molar-refractivity contribution in [3.8, 4) is 22.8 Å². The summed E-state index contributed by atoms with van der Waals surface area (Å²) in [5.41, 5.74) is 6.32. The fourth-order valence-corrected chi connectivity index (χ4v) is 4.95. The third-order valence-corrected chi connectivity index (χ3v) is 6.42. The number of benzene rings is 4. The second kappa shape index (κ2) is 5.57. The van der Waals surface area contributed by atoms with E-state index in [1.165, 1.54) is 49.2 Å². The molecular weight excluding hydrogens is 354 g/mol. The highest BCUT2D eigenvalue weighted by atomic mass is 16.5. The molecule has 0 saturated heterocycles. The molecule has 0 spiro atoms. The fraction of sp³-hybridized carbons (Fsp3) is 0.148. The molecule has 0 amide bonds. The van der Waals surface area contributed by atoms with Gasteiger partial charge in [-0.2, -0.15) is 4.57 Å². The maximum absolute atomic E-state index is 6.65. The Hall–Kier alpha value is -3.39. The zero-order chi connectivity index (χ0) is 19.9. The highest BCUT2D eigenvalue weighted by Gasteiger charge is 2.32. The summed E-state index contributed by atoms with van der Waals surface area (Å²) in [4.78, 5) is 0. The van der Waals surface area contributed by atoms with E-state index in [4.69, 9.17) is 4.74 Å². The third-order valence-electron chi connectivity index (χ3n) is 6.42. The minimum atomic E-state index is 0.962. The second-order valence-corrected chi connectivity index (χ2v) is 8.32.